The average molecular weight is 130 g/mol. The molecule has 0 aliphatic rings. The fourth-order valence-electron chi connectivity index (χ4n) is 0.286. The van der Waals surface area contributed by atoms with E-state index in [1.54, 1.807) is 13.2 Å². The van der Waals surface area contributed by atoms with E-state index in [4.69, 9.17) is 0 Å². The Morgan fingerprint density at radius 2 is 2.12 bits per heavy atom. The lowest BCUT2D eigenvalue weighted by Gasteiger charge is -2.05. The van der Waals surface area contributed by atoms with E-state index in [2.05, 4.69) is 11.8 Å². The summed E-state index contributed by atoms with van der Waals surface area (Å²) in [6.07, 6.45) is 1.66. The summed E-state index contributed by atoms with van der Waals surface area (Å²) in [6.45, 7) is 3.61. The van der Waals surface area contributed by atoms with Crippen molar-refractivity contribution < 1.29 is 4.55 Å². The van der Waals surface area contributed by atoms with Gasteiger partial charge in [0.05, 0.1) is 6.26 Å². The highest BCUT2D eigenvalue weighted by atomic mass is 32.2. The SMILES string of the molecule is CC#CC(C)[S+](C)[O-]. The summed E-state index contributed by atoms with van der Waals surface area (Å²) >= 11 is -0.784. The van der Waals surface area contributed by atoms with Crippen LogP contribution in [0.3, 0.4) is 0 Å². The molecule has 0 saturated heterocycles. The molecule has 46 valence electrons. The molecule has 2 unspecified atom stereocenters. The Bertz CT molecular complexity index is 109. The molecule has 0 aliphatic heterocycles. The molecular weight excluding hydrogens is 120 g/mol. The van der Waals surface area contributed by atoms with Crippen molar-refractivity contribution in [3.05, 3.63) is 0 Å². The second-order valence-electron chi connectivity index (χ2n) is 1.54. The topological polar surface area (TPSA) is 23.1 Å². The molecule has 0 amide bonds. The highest BCUT2D eigenvalue weighted by molar-refractivity contribution is 7.91. The summed E-state index contributed by atoms with van der Waals surface area (Å²) in [5, 5.41) is 0.0278. The normalized spacial score (nSPS) is 16.0. The molecule has 0 bridgehead atoms. The van der Waals surface area contributed by atoms with Crippen molar-refractivity contribution in [3.8, 4) is 11.8 Å². The zero-order valence-electron chi connectivity index (χ0n) is 5.39. The van der Waals surface area contributed by atoms with E-state index in [0.29, 0.717) is 0 Å². The van der Waals surface area contributed by atoms with Crippen molar-refractivity contribution in [2.45, 2.75) is 19.1 Å². The highest BCUT2D eigenvalue weighted by Crippen LogP contribution is 1.93. The van der Waals surface area contributed by atoms with E-state index >= 15 is 0 Å². The fraction of sp³-hybridized carbons (Fsp3) is 0.667. The van der Waals surface area contributed by atoms with Crippen LogP contribution in [0.1, 0.15) is 13.8 Å². The molecule has 0 radical (unpaired) electrons. The highest BCUT2D eigenvalue weighted by Gasteiger charge is 2.04. The Labute approximate surface area is 53.7 Å². The molecule has 0 N–H and O–H groups in total. The second-order valence-corrected chi connectivity index (χ2v) is 3.24. The van der Waals surface area contributed by atoms with Gasteiger partial charge in [-0.1, -0.05) is 0 Å². The minimum absolute atomic E-state index is 0.0278. The summed E-state index contributed by atoms with van der Waals surface area (Å²) in [5.41, 5.74) is 0. The molecule has 2 heteroatoms. The number of hydrogen-bond acceptors (Lipinski definition) is 1. The van der Waals surface area contributed by atoms with Crippen molar-refractivity contribution in [1.29, 1.82) is 0 Å². The monoisotopic (exact) mass is 130 g/mol. The van der Waals surface area contributed by atoms with Gasteiger partial charge in [-0.2, -0.15) is 0 Å². The van der Waals surface area contributed by atoms with Gasteiger partial charge in [-0.15, -0.1) is 5.92 Å². The third-order valence-corrected chi connectivity index (χ3v) is 1.96. The first-order chi connectivity index (χ1) is 3.68. The zero-order valence-corrected chi connectivity index (χ0v) is 6.21. The molecule has 0 spiro atoms. The van der Waals surface area contributed by atoms with Crippen LogP contribution >= 0.6 is 0 Å². The molecule has 0 rings (SSSR count). The van der Waals surface area contributed by atoms with Gasteiger partial charge in [0.15, 0.2) is 5.25 Å². The Kier molecular flexibility index (Phi) is 3.76. The van der Waals surface area contributed by atoms with Gasteiger partial charge in [0, 0.05) is 0 Å². The van der Waals surface area contributed by atoms with E-state index in [1.807, 2.05) is 6.92 Å². The maximum Gasteiger partial charge on any atom is 0.172 e. The quantitative estimate of drug-likeness (QED) is 0.380. The molecule has 0 aromatic heterocycles. The maximum atomic E-state index is 10.5. The standard InChI is InChI=1S/C6H10OS/c1-4-5-6(2)8(3)7/h6H,1-3H3. The van der Waals surface area contributed by atoms with Crippen LogP contribution in [0.25, 0.3) is 0 Å². The van der Waals surface area contributed by atoms with E-state index in [9.17, 15) is 4.55 Å². The van der Waals surface area contributed by atoms with Gasteiger partial charge >= 0.3 is 0 Å². The van der Waals surface area contributed by atoms with Crippen molar-refractivity contribution in [1.82, 2.24) is 0 Å². The van der Waals surface area contributed by atoms with Crippen LogP contribution < -0.4 is 0 Å². The van der Waals surface area contributed by atoms with Crippen LogP contribution in [-0.2, 0) is 11.2 Å². The van der Waals surface area contributed by atoms with Gasteiger partial charge in [0.1, 0.15) is 0 Å². The second kappa shape index (κ2) is 3.82. The van der Waals surface area contributed by atoms with Gasteiger partial charge < -0.3 is 4.55 Å². The van der Waals surface area contributed by atoms with E-state index in [1.165, 1.54) is 0 Å². The number of hydrogen-bond donors (Lipinski definition) is 0. The maximum absolute atomic E-state index is 10.5. The molecule has 8 heavy (non-hydrogen) atoms. The lowest BCUT2D eigenvalue weighted by molar-refractivity contribution is 0.597. The van der Waals surface area contributed by atoms with E-state index in [-0.39, 0.29) is 5.25 Å². The lowest BCUT2D eigenvalue weighted by atomic mass is 10.5. The van der Waals surface area contributed by atoms with Gasteiger partial charge in [-0.3, -0.25) is 0 Å². The van der Waals surface area contributed by atoms with E-state index < -0.39 is 11.2 Å². The van der Waals surface area contributed by atoms with Crippen molar-refractivity contribution >= 4 is 11.2 Å². The molecule has 1 nitrogen and oxygen atoms in total. The summed E-state index contributed by atoms with van der Waals surface area (Å²) in [5.74, 6) is 5.50. The first-order valence-corrected chi connectivity index (χ1v) is 4.05. The molecule has 0 fully saturated rings. The van der Waals surface area contributed by atoms with Crippen LogP contribution in [0, 0.1) is 11.8 Å². The van der Waals surface area contributed by atoms with Crippen LogP contribution in [0.5, 0.6) is 0 Å². The van der Waals surface area contributed by atoms with Gasteiger partial charge in [-0.25, -0.2) is 0 Å². The molecular formula is C6H10OS. The third-order valence-electron chi connectivity index (χ3n) is 0.845. The first-order valence-electron chi connectivity index (χ1n) is 2.43. The van der Waals surface area contributed by atoms with Crippen molar-refractivity contribution in [3.63, 3.8) is 0 Å². The van der Waals surface area contributed by atoms with Crippen LogP contribution in [0.2, 0.25) is 0 Å². The first kappa shape index (κ1) is 7.87. The number of rotatable bonds is 1. The van der Waals surface area contributed by atoms with Gasteiger partial charge in [-0.05, 0) is 30.9 Å². The van der Waals surface area contributed by atoms with Crippen LogP contribution in [0.4, 0.5) is 0 Å². The molecule has 0 saturated carbocycles. The Balaban J connectivity index is 3.58. The summed E-state index contributed by atoms with van der Waals surface area (Å²) < 4.78 is 10.5. The molecule has 0 aromatic rings. The van der Waals surface area contributed by atoms with Gasteiger partial charge in [0.2, 0.25) is 0 Å². The van der Waals surface area contributed by atoms with Gasteiger partial charge in [0.25, 0.3) is 0 Å². The Morgan fingerprint density at radius 1 is 1.62 bits per heavy atom. The summed E-state index contributed by atoms with van der Waals surface area (Å²) in [4.78, 5) is 0. The smallest absolute Gasteiger partial charge is 0.172 e. The average Bonchev–Trinajstić information content (AvgIpc) is 1.67. The van der Waals surface area contributed by atoms with Crippen molar-refractivity contribution in [2.24, 2.45) is 0 Å². The zero-order chi connectivity index (χ0) is 6.57. The van der Waals surface area contributed by atoms with Crippen LogP contribution in [-0.4, -0.2) is 16.1 Å². The summed E-state index contributed by atoms with van der Waals surface area (Å²) in [6, 6.07) is 0. The molecule has 0 aromatic carbocycles. The fourth-order valence-corrected chi connectivity index (χ4v) is 0.570. The minimum Gasteiger partial charge on any atom is -0.616 e. The Morgan fingerprint density at radius 3 is 2.25 bits per heavy atom. The lowest BCUT2D eigenvalue weighted by Crippen LogP contribution is -2.12. The Hall–Kier alpha value is -0.130. The predicted molar refractivity (Wildman–Crippen MR) is 37.0 cm³/mol. The van der Waals surface area contributed by atoms with Crippen LogP contribution in [0.15, 0.2) is 0 Å². The predicted octanol–water partition coefficient (Wildman–Crippen LogP) is 0.777. The van der Waals surface area contributed by atoms with Crippen molar-refractivity contribution in [2.75, 3.05) is 6.26 Å². The molecule has 0 aliphatic carbocycles. The largest absolute Gasteiger partial charge is 0.616 e. The third kappa shape index (κ3) is 2.95. The molecule has 0 heterocycles. The summed E-state index contributed by atoms with van der Waals surface area (Å²) in [7, 11) is 0. The molecule has 2 atom stereocenters. The van der Waals surface area contributed by atoms with E-state index in [0.717, 1.165) is 0 Å². The minimum atomic E-state index is -0.784.